The Kier molecular flexibility index (Phi) is 10.1. The first-order valence-corrected chi connectivity index (χ1v) is 10.5. The molecule has 10 nitrogen and oxygen atoms in total. The number of carboxylic acids is 1. The zero-order valence-electron chi connectivity index (χ0n) is 19.1. The summed E-state index contributed by atoms with van der Waals surface area (Å²) in [6.07, 6.45) is 0.211. The maximum atomic E-state index is 12.9. The first kappa shape index (κ1) is 26.9. The predicted octanol–water partition coefficient (Wildman–Crippen LogP) is 0.133. The van der Waals surface area contributed by atoms with E-state index in [1.807, 2.05) is 0 Å². The molecule has 7 N–H and O–H groups in total. The zero-order chi connectivity index (χ0) is 24.6. The highest BCUT2D eigenvalue weighted by atomic mass is 16.4. The zero-order valence-corrected chi connectivity index (χ0v) is 19.1. The quantitative estimate of drug-likeness (QED) is 0.278. The second kappa shape index (κ2) is 12.0. The van der Waals surface area contributed by atoms with E-state index in [4.69, 9.17) is 10.8 Å². The number of aromatic hydroxyl groups is 1. The van der Waals surface area contributed by atoms with Crippen molar-refractivity contribution in [1.29, 1.82) is 0 Å². The van der Waals surface area contributed by atoms with Crippen LogP contribution in [0.25, 0.3) is 0 Å². The number of carboxylic acid groups (broad SMARTS) is 1. The molecule has 4 atom stereocenters. The van der Waals surface area contributed by atoms with Gasteiger partial charge in [-0.3, -0.25) is 19.2 Å². The third-order valence-corrected chi connectivity index (χ3v) is 4.95. The molecule has 0 radical (unpaired) electrons. The van der Waals surface area contributed by atoms with Crippen molar-refractivity contribution in [2.75, 3.05) is 0 Å². The van der Waals surface area contributed by atoms with Gasteiger partial charge in [0.05, 0.1) is 6.04 Å². The van der Waals surface area contributed by atoms with Crippen molar-refractivity contribution in [1.82, 2.24) is 16.0 Å². The van der Waals surface area contributed by atoms with Crippen LogP contribution in [-0.2, 0) is 25.6 Å². The highest BCUT2D eigenvalue weighted by Crippen LogP contribution is 2.12. The molecule has 1 aromatic rings. The fourth-order valence-corrected chi connectivity index (χ4v) is 2.92. The number of nitrogens with two attached hydrogens (primary N) is 1. The highest BCUT2D eigenvalue weighted by Gasteiger charge is 2.32. The molecule has 0 fully saturated rings. The molecule has 32 heavy (non-hydrogen) atoms. The Morgan fingerprint density at radius 2 is 1.25 bits per heavy atom. The van der Waals surface area contributed by atoms with E-state index in [2.05, 4.69) is 16.0 Å². The molecule has 0 aliphatic heterocycles. The smallest absolute Gasteiger partial charge is 0.325 e. The minimum absolute atomic E-state index is 0.102. The Morgan fingerprint density at radius 1 is 0.812 bits per heavy atom. The topological polar surface area (TPSA) is 171 Å². The van der Waals surface area contributed by atoms with E-state index in [1.54, 1.807) is 39.8 Å². The average Bonchev–Trinajstić information content (AvgIpc) is 2.70. The van der Waals surface area contributed by atoms with E-state index in [0.717, 1.165) is 5.56 Å². The normalized spacial score (nSPS) is 14.9. The molecule has 0 saturated carbocycles. The number of hydrogen-bond donors (Lipinski definition) is 6. The van der Waals surface area contributed by atoms with Gasteiger partial charge in [-0.15, -0.1) is 0 Å². The number of hydrogen-bond acceptors (Lipinski definition) is 6. The van der Waals surface area contributed by atoms with E-state index >= 15 is 0 Å². The van der Waals surface area contributed by atoms with Gasteiger partial charge < -0.3 is 31.9 Å². The second-order valence-corrected chi connectivity index (χ2v) is 8.51. The van der Waals surface area contributed by atoms with Crippen molar-refractivity contribution >= 4 is 23.7 Å². The van der Waals surface area contributed by atoms with Gasteiger partial charge in [-0.25, -0.2) is 0 Å². The Labute approximate surface area is 187 Å². The van der Waals surface area contributed by atoms with Gasteiger partial charge in [0.25, 0.3) is 0 Å². The Morgan fingerprint density at radius 3 is 1.69 bits per heavy atom. The summed E-state index contributed by atoms with van der Waals surface area (Å²) < 4.78 is 0. The summed E-state index contributed by atoms with van der Waals surface area (Å²) in [5.41, 5.74) is 6.74. The van der Waals surface area contributed by atoms with Crippen LogP contribution in [0.15, 0.2) is 24.3 Å². The molecule has 0 aliphatic carbocycles. The molecule has 3 amide bonds. The maximum absolute atomic E-state index is 12.9. The van der Waals surface area contributed by atoms with Gasteiger partial charge in [-0.2, -0.15) is 0 Å². The first-order chi connectivity index (χ1) is 14.8. The number of carbonyl (C=O) groups excluding carboxylic acids is 3. The van der Waals surface area contributed by atoms with Crippen LogP contribution in [-0.4, -0.2) is 58.1 Å². The third kappa shape index (κ3) is 8.18. The molecule has 0 aromatic heterocycles. The lowest BCUT2D eigenvalue weighted by molar-refractivity contribution is -0.142. The van der Waals surface area contributed by atoms with Crippen LogP contribution in [0.5, 0.6) is 5.75 Å². The Hall–Kier alpha value is -3.14. The molecule has 0 saturated heterocycles. The van der Waals surface area contributed by atoms with Crippen molar-refractivity contribution in [2.45, 2.75) is 65.2 Å². The van der Waals surface area contributed by atoms with E-state index in [1.165, 1.54) is 19.1 Å². The summed E-state index contributed by atoms with van der Waals surface area (Å²) in [7, 11) is 0. The molecule has 178 valence electrons. The van der Waals surface area contributed by atoms with Gasteiger partial charge in [0, 0.05) is 0 Å². The number of phenols is 1. The Bertz CT molecular complexity index is 809. The largest absolute Gasteiger partial charge is 0.508 e. The van der Waals surface area contributed by atoms with Gasteiger partial charge >= 0.3 is 5.97 Å². The number of amides is 3. The van der Waals surface area contributed by atoms with Gasteiger partial charge in [-0.1, -0.05) is 39.8 Å². The second-order valence-electron chi connectivity index (χ2n) is 8.51. The minimum Gasteiger partial charge on any atom is -0.508 e. The molecule has 10 heteroatoms. The van der Waals surface area contributed by atoms with Crippen LogP contribution in [0.1, 0.15) is 40.2 Å². The number of nitrogens with one attached hydrogen (secondary N) is 3. The fraction of sp³-hybridized carbons (Fsp3) is 0.545. The predicted molar refractivity (Wildman–Crippen MR) is 119 cm³/mol. The SMILES string of the molecule is CC(NC(=O)C(NC(=O)C(NC(=O)C(N)Cc1ccc(O)cc1)C(C)C)C(C)C)C(=O)O. The average molecular weight is 451 g/mol. The number of aliphatic carboxylic acids is 1. The number of carbonyl (C=O) groups is 4. The summed E-state index contributed by atoms with van der Waals surface area (Å²) in [5, 5.41) is 25.9. The van der Waals surface area contributed by atoms with Crippen LogP contribution >= 0.6 is 0 Å². The van der Waals surface area contributed by atoms with E-state index in [9.17, 15) is 24.3 Å². The highest BCUT2D eigenvalue weighted by molar-refractivity contribution is 5.94. The molecular formula is C22H34N4O6. The fourth-order valence-electron chi connectivity index (χ4n) is 2.92. The molecule has 0 aliphatic rings. The molecular weight excluding hydrogens is 416 g/mol. The lowest BCUT2D eigenvalue weighted by Crippen LogP contribution is -2.59. The van der Waals surface area contributed by atoms with Gasteiger partial charge in [0.2, 0.25) is 17.7 Å². The standard InChI is InChI=1S/C22H34N4O6/c1-11(2)17(20(29)24-13(5)22(31)32)26-21(30)18(12(3)4)25-19(28)16(23)10-14-6-8-15(27)9-7-14/h6-9,11-13,16-18,27H,10,23H2,1-5H3,(H,24,29)(H,25,28)(H,26,30)(H,31,32). The lowest BCUT2D eigenvalue weighted by Gasteiger charge is -2.28. The van der Waals surface area contributed by atoms with Crippen molar-refractivity contribution in [3.63, 3.8) is 0 Å². The molecule has 4 unspecified atom stereocenters. The first-order valence-electron chi connectivity index (χ1n) is 10.5. The van der Waals surface area contributed by atoms with Gasteiger partial charge in [-0.05, 0) is 42.9 Å². The summed E-state index contributed by atoms with van der Waals surface area (Å²) in [6.45, 7) is 8.24. The summed E-state index contributed by atoms with van der Waals surface area (Å²) in [6, 6.07) is 2.33. The van der Waals surface area contributed by atoms with Crippen LogP contribution < -0.4 is 21.7 Å². The lowest BCUT2D eigenvalue weighted by atomic mass is 9.98. The molecule has 1 aromatic carbocycles. The van der Waals surface area contributed by atoms with Crippen LogP contribution in [0.3, 0.4) is 0 Å². The number of rotatable bonds is 11. The number of benzene rings is 1. The monoisotopic (exact) mass is 450 g/mol. The number of phenolic OH excluding ortho intramolecular Hbond substituents is 1. The summed E-state index contributed by atoms with van der Waals surface area (Å²) in [4.78, 5) is 49.0. The van der Waals surface area contributed by atoms with Gasteiger partial charge in [0.1, 0.15) is 23.9 Å². The van der Waals surface area contributed by atoms with Crippen molar-refractivity contribution in [3.05, 3.63) is 29.8 Å². The minimum atomic E-state index is -1.19. The van der Waals surface area contributed by atoms with E-state index in [0.29, 0.717) is 0 Å². The van der Waals surface area contributed by atoms with E-state index < -0.39 is 47.9 Å². The molecule has 1 rings (SSSR count). The van der Waals surface area contributed by atoms with Crippen LogP contribution in [0, 0.1) is 11.8 Å². The Balaban J connectivity index is 2.84. The third-order valence-electron chi connectivity index (χ3n) is 4.95. The van der Waals surface area contributed by atoms with Crippen molar-refractivity contribution in [2.24, 2.45) is 17.6 Å². The molecule has 0 heterocycles. The van der Waals surface area contributed by atoms with Gasteiger partial charge in [0.15, 0.2) is 0 Å². The molecule has 0 bridgehead atoms. The van der Waals surface area contributed by atoms with Crippen molar-refractivity contribution < 1.29 is 29.4 Å². The maximum Gasteiger partial charge on any atom is 0.325 e. The van der Waals surface area contributed by atoms with Crippen LogP contribution in [0.4, 0.5) is 0 Å². The molecule has 0 spiro atoms. The van der Waals surface area contributed by atoms with E-state index in [-0.39, 0.29) is 24.0 Å². The summed E-state index contributed by atoms with van der Waals surface area (Å²) >= 11 is 0. The summed E-state index contributed by atoms with van der Waals surface area (Å²) in [5.74, 6) is -3.43. The van der Waals surface area contributed by atoms with Crippen molar-refractivity contribution in [3.8, 4) is 5.75 Å². The van der Waals surface area contributed by atoms with Crippen LogP contribution in [0.2, 0.25) is 0 Å².